The zero-order chi connectivity index (χ0) is 47.6. The first kappa shape index (κ1) is 48.7. The molecule has 4 N–H and O–H groups in total. The molecule has 4 amide bonds. The molecule has 1 saturated carbocycles. The van der Waals surface area contributed by atoms with Crippen LogP contribution in [0.4, 0.5) is 11.4 Å². The van der Waals surface area contributed by atoms with Crippen LogP contribution in [0.1, 0.15) is 82.4 Å². The third-order valence-corrected chi connectivity index (χ3v) is 13.3. The van der Waals surface area contributed by atoms with Crippen LogP contribution in [0, 0.1) is 16.7 Å². The van der Waals surface area contributed by atoms with Crippen molar-refractivity contribution in [3.63, 3.8) is 0 Å². The van der Waals surface area contributed by atoms with Crippen LogP contribution in [0.2, 0.25) is 5.02 Å². The van der Waals surface area contributed by atoms with Crippen molar-refractivity contribution in [2.75, 3.05) is 42.7 Å². The van der Waals surface area contributed by atoms with Crippen LogP contribution < -0.4 is 30.3 Å². The predicted molar refractivity (Wildman–Crippen MR) is 262 cm³/mol. The monoisotopic (exact) mass is 947 g/mol. The summed E-state index contributed by atoms with van der Waals surface area (Å²) in [6.45, 7) is 7.52. The number of hydrogen-bond acceptors (Lipinski definition) is 11. The highest BCUT2D eigenvalue weighted by Gasteiger charge is 2.49. The van der Waals surface area contributed by atoms with Crippen LogP contribution in [0.15, 0.2) is 97.2 Å². The third-order valence-electron chi connectivity index (χ3n) is 12.3. The zero-order valence-electron chi connectivity index (χ0n) is 38.1. The van der Waals surface area contributed by atoms with Gasteiger partial charge in [0.25, 0.3) is 5.91 Å². The second kappa shape index (κ2) is 22.1. The molecule has 0 bridgehead atoms. The number of halogens is 1. The summed E-state index contributed by atoms with van der Waals surface area (Å²) in [6, 6.07) is 28.9. The lowest BCUT2D eigenvalue weighted by Crippen LogP contribution is -2.58. The summed E-state index contributed by atoms with van der Waals surface area (Å²) in [4.78, 5) is 55.4. The molecule has 67 heavy (non-hydrogen) atoms. The van der Waals surface area contributed by atoms with Crippen molar-refractivity contribution in [3.05, 3.63) is 119 Å². The number of nitrogens with one attached hydrogen (secondary N) is 4. The third kappa shape index (κ3) is 12.0. The minimum atomic E-state index is -0.836. The van der Waals surface area contributed by atoms with Crippen molar-refractivity contribution in [2.45, 2.75) is 89.9 Å². The molecule has 2 aliphatic heterocycles. The molecular weight excluding hydrogens is 890 g/mol. The van der Waals surface area contributed by atoms with Gasteiger partial charge in [0.1, 0.15) is 41.8 Å². The van der Waals surface area contributed by atoms with Crippen molar-refractivity contribution in [1.29, 1.82) is 5.26 Å². The lowest BCUT2D eigenvalue weighted by molar-refractivity contribution is -0.144. The highest BCUT2D eigenvalue weighted by atomic mass is 35.5. The first-order chi connectivity index (χ1) is 32.3. The smallest absolute Gasteiger partial charge is 0.251 e. The number of anilines is 2. The van der Waals surface area contributed by atoms with E-state index in [1.807, 2.05) is 106 Å². The number of likely N-dealkylation sites (tertiary alicyclic amines) is 1. The van der Waals surface area contributed by atoms with Crippen molar-refractivity contribution in [1.82, 2.24) is 20.9 Å². The Bertz CT molecular complexity index is 2470. The molecule has 3 aliphatic rings. The quantitative estimate of drug-likeness (QED) is 0.0458. The Balaban J connectivity index is 0.804. The summed E-state index contributed by atoms with van der Waals surface area (Å²) in [5.41, 5.74) is 4.12. The Morgan fingerprint density at radius 2 is 1.64 bits per heavy atom. The number of nitriles is 1. The summed E-state index contributed by atoms with van der Waals surface area (Å²) in [6.07, 6.45) is 6.66. The van der Waals surface area contributed by atoms with E-state index in [1.54, 1.807) is 27.4 Å². The van der Waals surface area contributed by atoms with Gasteiger partial charge < -0.3 is 44.7 Å². The lowest BCUT2D eigenvalue weighted by Gasteiger charge is -2.47. The molecule has 1 aliphatic carbocycles. The summed E-state index contributed by atoms with van der Waals surface area (Å²) in [5, 5.41) is 21.3. The molecule has 14 nitrogen and oxygen atoms in total. The van der Waals surface area contributed by atoms with E-state index in [9.17, 15) is 24.4 Å². The molecule has 0 spiro atoms. The molecule has 2 atom stereocenters. The summed E-state index contributed by atoms with van der Waals surface area (Å²) < 4.78 is 18.9. The molecule has 1 saturated heterocycles. The van der Waals surface area contributed by atoms with Gasteiger partial charge in [0.05, 0.1) is 17.2 Å². The molecule has 0 unspecified atom stereocenters. The van der Waals surface area contributed by atoms with Crippen LogP contribution in [-0.2, 0) is 35.2 Å². The maximum Gasteiger partial charge on any atom is 0.251 e. The van der Waals surface area contributed by atoms with E-state index in [0.29, 0.717) is 82.8 Å². The Labute approximate surface area is 402 Å². The van der Waals surface area contributed by atoms with E-state index >= 15 is 0 Å². The first-order valence-corrected chi connectivity index (χ1v) is 23.5. The molecule has 4 aromatic carbocycles. The Morgan fingerprint density at radius 3 is 2.27 bits per heavy atom. The number of hydrogen-bond donors (Lipinski definition) is 5. The fourth-order valence-corrected chi connectivity index (χ4v) is 8.95. The highest BCUT2D eigenvalue weighted by Crippen LogP contribution is 2.43. The van der Waals surface area contributed by atoms with Crippen LogP contribution >= 0.6 is 24.4 Å². The molecule has 7 rings (SSSR count). The van der Waals surface area contributed by atoms with E-state index in [1.165, 1.54) is 0 Å². The second-order valence-electron chi connectivity index (χ2n) is 18.1. The number of thiol groups is 1. The summed E-state index contributed by atoms with van der Waals surface area (Å²) in [7, 11) is 0. The van der Waals surface area contributed by atoms with E-state index in [4.69, 9.17) is 38.6 Å². The van der Waals surface area contributed by atoms with Crippen LogP contribution in [0.5, 0.6) is 5.75 Å². The molecule has 4 aromatic rings. The standard InChI is InChI=1S/C51H58ClN7O7S/c1-50(2,3)46(48(62)58-25-6-8-43(58)47(61)55-30-34-9-11-37(12-10-34)44-31-54-33-66-44)57-45(60)32-64-26-4-5-27-65-41-21-16-36(17-22-41)35-14-19-40(20-15-35)59(67)51(23-7-24-51)49(63)56-39-18-13-38(29-53)42(52)28-39/h9-22,28,31,43,46,54,67H,4-8,23-27,30,32-33H2,1-3H3,(H,55,61)(H,56,63)(H,57,60)/t43-,46+/m0/s1. The van der Waals surface area contributed by atoms with Gasteiger partial charge in [0, 0.05) is 42.8 Å². The first-order valence-electron chi connectivity index (χ1n) is 22.7. The topological polar surface area (TPSA) is 174 Å². The molecular formula is C51H58ClN7O7S. The zero-order valence-corrected chi connectivity index (χ0v) is 39.8. The SMILES string of the molecule is CC(C)(C)[C@H](NC(=O)COCCCCOc1ccc(-c2ccc(N(S)C3(C(=O)Nc4ccc(C#N)c(Cl)c4)CCC3)cc2)cc1)C(=O)N1CCC[C@H]1C(=O)NCc1ccc(C2=CNCO2)cc1. The van der Waals surface area contributed by atoms with Gasteiger partial charge in [-0.1, -0.05) is 93.7 Å². The number of benzene rings is 4. The van der Waals surface area contributed by atoms with Gasteiger partial charge in [-0.15, -0.1) is 0 Å². The Kier molecular flexibility index (Phi) is 16.0. The number of rotatable bonds is 19. The van der Waals surface area contributed by atoms with Gasteiger partial charge in [0.15, 0.2) is 6.73 Å². The fourth-order valence-electron chi connectivity index (χ4n) is 8.30. The maximum atomic E-state index is 13.9. The predicted octanol–water partition coefficient (Wildman–Crippen LogP) is 7.98. The normalized spacial score (nSPS) is 16.6. The van der Waals surface area contributed by atoms with Gasteiger partial charge in [-0.3, -0.25) is 19.2 Å². The van der Waals surface area contributed by atoms with Gasteiger partial charge in [-0.2, -0.15) is 5.26 Å². The maximum absolute atomic E-state index is 13.9. The van der Waals surface area contributed by atoms with E-state index in [2.05, 4.69) is 21.3 Å². The van der Waals surface area contributed by atoms with Gasteiger partial charge in [-0.25, -0.2) is 0 Å². The van der Waals surface area contributed by atoms with Crippen molar-refractivity contribution in [3.8, 4) is 22.9 Å². The highest BCUT2D eigenvalue weighted by molar-refractivity contribution is 7.82. The average Bonchev–Trinajstić information content (AvgIpc) is 4.04. The van der Waals surface area contributed by atoms with Crippen LogP contribution in [0.3, 0.4) is 0 Å². The largest absolute Gasteiger partial charge is 0.494 e. The molecule has 0 aromatic heterocycles. The number of ether oxygens (including phenoxy) is 3. The van der Waals surface area contributed by atoms with Crippen LogP contribution in [0.25, 0.3) is 16.9 Å². The molecule has 0 radical (unpaired) electrons. The molecule has 352 valence electrons. The number of amides is 4. The molecule has 2 fully saturated rings. The molecule has 2 heterocycles. The second-order valence-corrected chi connectivity index (χ2v) is 18.9. The van der Waals surface area contributed by atoms with Crippen molar-refractivity contribution >= 4 is 65.2 Å². The minimum absolute atomic E-state index is 0.179. The van der Waals surface area contributed by atoms with E-state index in [0.717, 1.165) is 45.9 Å². The molecule has 16 heteroatoms. The fraction of sp³-hybridized carbons (Fsp3) is 0.392. The number of unbranched alkanes of at least 4 members (excludes halogenated alkanes) is 1. The van der Waals surface area contributed by atoms with Crippen LogP contribution in [-0.4, -0.2) is 79.2 Å². The minimum Gasteiger partial charge on any atom is -0.494 e. The number of carbonyl (C=O) groups is 4. The number of carbonyl (C=O) groups excluding carboxylic acids is 4. The van der Waals surface area contributed by atoms with Gasteiger partial charge in [-0.05, 0) is 110 Å². The van der Waals surface area contributed by atoms with Crippen molar-refractivity contribution < 1.29 is 33.4 Å². The Hall–Kier alpha value is -6.21. The van der Waals surface area contributed by atoms with Gasteiger partial charge >= 0.3 is 0 Å². The van der Waals surface area contributed by atoms with Gasteiger partial charge in [0.2, 0.25) is 17.7 Å². The summed E-state index contributed by atoms with van der Waals surface area (Å²) in [5.74, 6) is 0.437. The average molecular weight is 949 g/mol. The Morgan fingerprint density at radius 1 is 0.955 bits per heavy atom. The summed E-state index contributed by atoms with van der Waals surface area (Å²) >= 11 is 11.0. The number of nitrogens with zero attached hydrogens (tertiary/aromatic N) is 3. The van der Waals surface area contributed by atoms with Crippen molar-refractivity contribution in [2.24, 2.45) is 5.41 Å². The van der Waals surface area contributed by atoms with E-state index < -0.39 is 28.9 Å². The van der Waals surface area contributed by atoms with E-state index in [-0.39, 0.29) is 29.4 Å². The lowest BCUT2D eigenvalue weighted by atomic mass is 9.75.